The molecule has 1 N–H and O–H groups in total. The van der Waals surface area contributed by atoms with Crippen molar-refractivity contribution in [2.45, 2.75) is 105 Å². The number of aryl methyl sites for hydroxylation is 1. The number of hydrogen-bond acceptors (Lipinski definition) is 3. The van der Waals surface area contributed by atoms with Crippen LogP contribution in [0.15, 0.2) is 54.6 Å². The number of carbonyl (C=O) groups is 1. The maximum atomic E-state index is 11.0. The van der Waals surface area contributed by atoms with Gasteiger partial charge in [0.15, 0.2) is 0 Å². The molecular formula is C29H50O3. The van der Waals surface area contributed by atoms with E-state index in [-0.39, 0.29) is 12.1 Å². The predicted octanol–water partition coefficient (Wildman–Crippen LogP) is 8.07. The van der Waals surface area contributed by atoms with Crippen LogP contribution in [0.5, 0.6) is 0 Å². The van der Waals surface area contributed by atoms with Crippen molar-refractivity contribution in [1.82, 2.24) is 0 Å². The topological polar surface area (TPSA) is 46.5 Å². The summed E-state index contributed by atoms with van der Waals surface area (Å²) in [5, 5.41) is 7.00. The number of esters is 1. The Balaban J connectivity index is 0. The first kappa shape index (κ1) is 32.3. The molecule has 1 fully saturated rings. The summed E-state index contributed by atoms with van der Waals surface area (Å²) < 4.78 is 4.97. The first-order chi connectivity index (χ1) is 15.6. The van der Waals surface area contributed by atoms with Gasteiger partial charge in [-0.25, -0.2) is 0 Å². The van der Waals surface area contributed by atoms with Gasteiger partial charge in [-0.3, -0.25) is 4.79 Å². The molecule has 0 bridgehead atoms. The average molecular weight is 447 g/mol. The predicted molar refractivity (Wildman–Crippen MR) is 140 cm³/mol. The summed E-state index contributed by atoms with van der Waals surface area (Å²) in [6.07, 6.45) is 20.8. The van der Waals surface area contributed by atoms with Crippen molar-refractivity contribution < 1.29 is 14.6 Å². The molecule has 32 heavy (non-hydrogen) atoms. The molecule has 1 aliphatic rings. The third kappa shape index (κ3) is 21.4. The number of unbranched alkanes of at least 4 members (excludes halogenated alkanes) is 2. The van der Waals surface area contributed by atoms with Crippen LogP contribution in [0, 0.1) is 5.92 Å². The third-order valence-electron chi connectivity index (χ3n) is 4.84. The van der Waals surface area contributed by atoms with Crippen LogP contribution in [0.25, 0.3) is 0 Å². The first-order valence-electron chi connectivity index (χ1n) is 12.6. The van der Waals surface area contributed by atoms with E-state index >= 15 is 0 Å². The number of hydrogen-bond donors (Lipinski definition) is 1. The number of aliphatic hydroxyl groups excluding tert-OH is 1. The van der Waals surface area contributed by atoms with Crippen molar-refractivity contribution in [3.05, 3.63) is 60.2 Å². The smallest absolute Gasteiger partial charge is 0.306 e. The normalized spacial score (nSPS) is 13.1. The van der Waals surface area contributed by atoms with Crippen molar-refractivity contribution in [3.63, 3.8) is 0 Å². The monoisotopic (exact) mass is 446 g/mol. The second kappa shape index (κ2) is 25.4. The fraction of sp³-hybridized carbons (Fsp3) is 0.621. The number of ether oxygens (including phenoxy) is 1. The molecule has 184 valence electrons. The zero-order valence-electron chi connectivity index (χ0n) is 21.7. The first-order valence-corrected chi connectivity index (χ1v) is 12.6. The quantitative estimate of drug-likeness (QED) is 0.224. The van der Waals surface area contributed by atoms with Crippen LogP contribution in [-0.4, -0.2) is 24.3 Å². The van der Waals surface area contributed by atoms with E-state index in [1.165, 1.54) is 50.5 Å². The van der Waals surface area contributed by atoms with Crippen molar-refractivity contribution in [2.75, 3.05) is 7.11 Å². The lowest BCUT2D eigenvalue weighted by Crippen LogP contribution is -2.10. The van der Waals surface area contributed by atoms with Crippen LogP contribution in [-0.2, 0) is 16.0 Å². The highest BCUT2D eigenvalue weighted by Crippen LogP contribution is 2.25. The summed E-state index contributed by atoms with van der Waals surface area (Å²) in [5.74, 6) is 0.811. The highest BCUT2D eigenvalue weighted by molar-refractivity contribution is 5.69. The highest BCUT2D eigenvalue weighted by atomic mass is 16.5. The van der Waals surface area contributed by atoms with Crippen LogP contribution >= 0.6 is 0 Å². The Kier molecular flexibility index (Phi) is 25.6. The summed E-state index contributed by atoms with van der Waals surface area (Å²) in [4.78, 5) is 11.0. The lowest BCUT2D eigenvalue weighted by atomic mass is 10.1. The van der Waals surface area contributed by atoms with Crippen LogP contribution in [0.3, 0.4) is 0 Å². The fourth-order valence-corrected chi connectivity index (χ4v) is 3.36. The molecule has 0 radical (unpaired) electrons. The van der Waals surface area contributed by atoms with Gasteiger partial charge in [0.1, 0.15) is 0 Å². The minimum Gasteiger partial charge on any atom is -0.463 e. The summed E-state index contributed by atoms with van der Waals surface area (Å²) in [6.45, 7) is 9.71. The zero-order valence-corrected chi connectivity index (χ0v) is 21.7. The number of allylic oxidation sites excluding steroid dienone is 4. The Labute approximate surface area is 199 Å². The third-order valence-corrected chi connectivity index (χ3v) is 4.84. The van der Waals surface area contributed by atoms with E-state index in [0.717, 1.165) is 25.9 Å². The minimum atomic E-state index is -0.0884. The Hall–Kier alpha value is -1.87. The molecule has 0 aliphatic heterocycles. The molecular weight excluding hydrogens is 396 g/mol. The molecule has 2 rings (SSSR count). The van der Waals surface area contributed by atoms with Crippen molar-refractivity contribution in [2.24, 2.45) is 5.92 Å². The summed E-state index contributed by atoms with van der Waals surface area (Å²) >= 11 is 0. The molecule has 1 saturated carbocycles. The van der Waals surface area contributed by atoms with Gasteiger partial charge in [0.2, 0.25) is 0 Å². The van der Waals surface area contributed by atoms with E-state index in [9.17, 15) is 4.79 Å². The van der Waals surface area contributed by atoms with Gasteiger partial charge in [0, 0.05) is 13.5 Å². The zero-order chi connectivity index (χ0) is 24.5. The molecule has 3 nitrogen and oxygen atoms in total. The molecule has 0 atom stereocenters. The number of carbonyl (C=O) groups excluding carboxylic acids is 1. The van der Waals surface area contributed by atoms with E-state index in [2.05, 4.69) is 48.6 Å². The van der Waals surface area contributed by atoms with Gasteiger partial charge in [0.05, 0.1) is 6.10 Å². The summed E-state index contributed by atoms with van der Waals surface area (Å²) in [7, 11) is 1.00. The van der Waals surface area contributed by atoms with E-state index in [4.69, 9.17) is 9.84 Å². The van der Waals surface area contributed by atoms with Gasteiger partial charge in [-0.1, -0.05) is 81.3 Å². The Morgan fingerprint density at radius 1 is 1.03 bits per heavy atom. The van der Waals surface area contributed by atoms with Gasteiger partial charge in [-0.05, 0) is 77.2 Å². The fourth-order valence-electron chi connectivity index (χ4n) is 3.36. The maximum absolute atomic E-state index is 11.0. The standard InChI is InChI=1S/C16H22.C10H18O2.C2H6.CH4O/c1-3-9-15(10-4-1)11-5-2-6-12-16-13-7-8-14-16;1-4-5-6-7-8-10(11)12-9(2)3;2*1-2/h1,3-4,6,9-10,12,16H,2,5,7-8,11,13-14H2;4-5,9H,6-8H2,1-3H3;1-2H3;2H,1H3/b12-6+;5-4-;;. The summed E-state index contributed by atoms with van der Waals surface area (Å²) in [6, 6.07) is 10.8. The van der Waals surface area contributed by atoms with Gasteiger partial charge < -0.3 is 9.84 Å². The molecule has 1 aromatic carbocycles. The van der Waals surface area contributed by atoms with Crippen LogP contribution in [0.4, 0.5) is 0 Å². The lowest BCUT2D eigenvalue weighted by molar-refractivity contribution is -0.147. The minimum absolute atomic E-state index is 0.0132. The summed E-state index contributed by atoms with van der Waals surface area (Å²) in [5.41, 5.74) is 1.47. The van der Waals surface area contributed by atoms with Gasteiger partial charge in [0.25, 0.3) is 0 Å². The van der Waals surface area contributed by atoms with Crippen molar-refractivity contribution in [1.29, 1.82) is 0 Å². The second-order valence-electron chi connectivity index (χ2n) is 7.85. The van der Waals surface area contributed by atoms with Crippen LogP contribution in [0.2, 0.25) is 0 Å². The average Bonchev–Trinajstić information content (AvgIpc) is 3.34. The van der Waals surface area contributed by atoms with Gasteiger partial charge in [-0.15, -0.1) is 0 Å². The molecule has 0 saturated heterocycles. The van der Waals surface area contributed by atoms with Crippen molar-refractivity contribution in [3.8, 4) is 0 Å². The molecule has 1 aromatic rings. The molecule has 0 heterocycles. The second-order valence-corrected chi connectivity index (χ2v) is 7.85. The van der Waals surface area contributed by atoms with E-state index < -0.39 is 0 Å². The van der Waals surface area contributed by atoms with Crippen LogP contribution < -0.4 is 0 Å². The van der Waals surface area contributed by atoms with E-state index in [1.54, 1.807) is 0 Å². The van der Waals surface area contributed by atoms with Gasteiger partial charge >= 0.3 is 5.97 Å². The molecule has 0 aromatic heterocycles. The van der Waals surface area contributed by atoms with Gasteiger partial charge in [-0.2, -0.15) is 0 Å². The molecule has 0 amide bonds. The van der Waals surface area contributed by atoms with Crippen molar-refractivity contribution >= 4 is 5.97 Å². The SMILES string of the molecule is C(=C\C1CCCC1)/CCCc1ccccc1.C/C=C\CCCC(=O)OC(C)C.CC.CO. The highest BCUT2D eigenvalue weighted by Gasteiger charge is 2.10. The molecule has 0 spiro atoms. The molecule has 1 aliphatic carbocycles. The Bertz CT molecular complexity index is 555. The largest absolute Gasteiger partial charge is 0.463 e. The van der Waals surface area contributed by atoms with Crippen LogP contribution in [0.1, 0.15) is 98.0 Å². The number of benzene rings is 1. The van der Waals surface area contributed by atoms with E-state index in [0.29, 0.717) is 6.42 Å². The Morgan fingerprint density at radius 2 is 1.62 bits per heavy atom. The molecule has 0 unspecified atom stereocenters. The number of rotatable bonds is 10. The Morgan fingerprint density at radius 3 is 2.19 bits per heavy atom. The number of aliphatic hydroxyl groups is 1. The molecule has 3 heteroatoms. The lowest BCUT2D eigenvalue weighted by Gasteiger charge is -2.06. The van der Waals surface area contributed by atoms with E-state index in [1.807, 2.05) is 40.7 Å². The maximum Gasteiger partial charge on any atom is 0.306 e.